The highest BCUT2D eigenvalue weighted by Crippen LogP contribution is 2.27. The molecule has 0 spiro atoms. The number of amides is 1. The zero-order valence-electron chi connectivity index (χ0n) is 14.1. The van der Waals surface area contributed by atoms with Gasteiger partial charge in [0.2, 0.25) is 0 Å². The largest absolute Gasteiger partial charge is 0.377 e. The Hall–Kier alpha value is -1.39. The van der Waals surface area contributed by atoms with Gasteiger partial charge >= 0.3 is 0 Å². The van der Waals surface area contributed by atoms with Gasteiger partial charge in [0, 0.05) is 38.3 Å². The first-order valence-corrected chi connectivity index (χ1v) is 8.93. The molecule has 1 atom stereocenters. The van der Waals surface area contributed by atoms with Crippen molar-refractivity contribution in [3.63, 3.8) is 0 Å². The van der Waals surface area contributed by atoms with Crippen LogP contribution < -0.4 is 5.32 Å². The minimum absolute atomic E-state index is 0.0245. The molecule has 126 valence electrons. The maximum atomic E-state index is 11.6. The van der Waals surface area contributed by atoms with Crippen molar-refractivity contribution in [2.45, 2.75) is 57.2 Å². The lowest BCUT2D eigenvalue weighted by Crippen LogP contribution is -2.38. The number of hydrogen-bond acceptors (Lipinski definition) is 3. The summed E-state index contributed by atoms with van der Waals surface area (Å²) in [6, 6.07) is 8.71. The Balaban J connectivity index is 1.65. The zero-order chi connectivity index (χ0) is 16.1. The summed E-state index contributed by atoms with van der Waals surface area (Å²) in [4.78, 5) is 14.3. The SMILES string of the molecule is CNC(=O)c1ccc(CN(C[C@@H]2CCCO2)C2CCCC2)cc1. The minimum atomic E-state index is -0.0245. The molecule has 0 aromatic heterocycles. The second-order valence-corrected chi connectivity index (χ2v) is 6.78. The van der Waals surface area contributed by atoms with Gasteiger partial charge in [-0.05, 0) is 43.4 Å². The molecule has 1 saturated heterocycles. The number of carbonyl (C=O) groups excluding carboxylic acids is 1. The van der Waals surface area contributed by atoms with Crippen molar-refractivity contribution in [2.75, 3.05) is 20.2 Å². The van der Waals surface area contributed by atoms with E-state index in [2.05, 4.69) is 22.3 Å². The molecule has 1 N–H and O–H groups in total. The second kappa shape index (κ2) is 7.93. The summed E-state index contributed by atoms with van der Waals surface area (Å²) >= 11 is 0. The molecule has 1 heterocycles. The van der Waals surface area contributed by atoms with Gasteiger partial charge < -0.3 is 10.1 Å². The van der Waals surface area contributed by atoms with Crippen LogP contribution in [0.4, 0.5) is 0 Å². The Labute approximate surface area is 139 Å². The highest BCUT2D eigenvalue weighted by Gasteiger charge is 2.27. The molecule has 1 aromatic rings. The van der Waals surface area contributed by atoms with E-state index in [1.54, 1.807) is 7.05 Å². The lowest BCUT2D eigenvalue weighted by atomic mass is 10.1. The standard InChI is InChI=1S/C19H28N2O2/c1-20-19(22)16-10-8-15(9-11-16)13-21(17-5-2-3-6-17)14-18-7-4-12-23-18/h8-11,17-18H,2-7,12-14H2,1H3,(H,20,22)/t18-/m0/s1. The number of rotatable bonds is 6. The Bertz CT molecular complexity index is 503. The smallest absolute Gasteiger partial charge is 0.251 e. The van der Waals surface area contributed by atoms with Gasteiger partial charge in [0.05, 0.1) is 6.10 Å². The molecular weight excluding hydrogens is 288 g/mol. The van der Waals surface area contributed by atoms with Crippen molar-refractivity contribution in [3.8, 4) is 0 Å². The number of hydrogen-bond donors (Lipinski definition) is 1. The molecule has 2 aliphatic rings. The molecule has 1 aliphatic carbocycles. The van der Waals surface area contributed by atoms with Gasteiger partial charge in [0.15, 0.2) is 0 Å². The first-order valence-electron chi connectivity index (χ1n) is 8.93. The summed E-state index contributed by atoms with van der Waals surface area (Å²) in [5, 5.41) is 2.67. The van der Waals surface area contributed by atoms with Crippen LogP contribution in [-0.2, 0) is 11.3 Å². The van der Waals surface area contributed by atoms with Crippen LogP contribution in [0.1, 0.15) is 54.4 Å². The fourth-order valence-corrected chi connectivity index (χ4v) is 3.80. The van der Waals surface area contributed by atoms with Gasteiger partial charge in [-0.25, -0.2) is 0 Å². The number of carbonyl (C=O) groups is 1. The molecule has 3 rings (SSSR count). The molecule has 4 heteroatoms. The number of benzene rings is 1. The van der Waals surface area contributed by atoms with Crippen LogP contribution in [0.15, 0.2) is 24.3 Å². The zero-order valence-corrected chi connectivity index (χ0v) is 14.1. The summed E-state index contributed by atoms with van der Waals surface area (Å²) in [7, 11) is 1.67. The third kappa shape index (κ3) is 4.33. The summed E-state index contributed by atoms with van der Waals surface area (Å²) in [5.74, 6) is -0.0245. The maximum absolute atomic E-state index is 11.6. The van der Waals surface area contributed by atoms with Crippen molar-refractivity contribution in [1.82, 2.24) is 10.2 Å². The van der Waals surface area contributed by atoms with E-state index in [1.165, 1.54) is 44.1 Å². The quantitative estimate of drug-likeness (QED) is 0.877. The van der Waals surface area contributed by atoms with E-state index in [0.717, 1.165) is 25.3 Å². The Morgan fingerprint density at radius 2 is 1.91 bits per heavy atom. The predicted molar refractivity (Wildman–Crippen MR) is 91.5 cm³/mol. The van der Waals surface area contributed by atoms with Crippen LogP contribution in [0.3, 0.4) is 0 Å². The van der Waals surface area contributed by atoms with Gasteiger partial charge in [-0.2, -0.15) is 0 Å². The van der Waals surface area contributed by atoms with E-state index in [0.29, 0.717) is 12.1 Å². The Kier molecular flexibility index (Phi) is 5.68. The fourth-order valence-electron chi connectivity index (χ4n) is 3.80. The van der Waals surface area contributed by atoms with Crippen molar-refractivity contribution < 1.29 is 9.53 Å². The summed E-state index contributed by atoms with van der Waals surface area (Å²) < 4.78 is 5.85. The maximum Gasteiger partial charge on any atom is 0.251 e. The minimum Gasteiger partial charge on any atom is -0.377 e. The lowest BCUT2D eigenvalue weighted by Gasteiger charge is -2.31. The average molecular weight is 316 g/mol. The fraction of sp³-hybridized carbons (Fsp3) is 0.632. The van der Waals surface area contributed by atoms with Crippen molar-refractivity contribution in [3.05, 3.63) is 35.4 Å². The molecule has 0 bridgehead atoms. The second-order valence-electron chi connectivity index (χ2n) is 6.78. The normalized spacial score (nSPS) is 21.9. The monoisotopic (exact) mass is 316 g/mol. The van der Waals surface area contributed by atoms with Gasteiger partial charge in [-0.1, -0.05) is 25.0 Å². The average Bonchev–Trinajstić information content (AvgIpc) is 3.27. The van der Waals surface area contributed by atoms with E-state index in [1.807, 2.05) is 12.1 Å². The van der Waals surface area contributed by atoms with Crippen LogP contribution >= 0.6 is 0 Å². The molecule has 2 fully saturated rings. The van der Waals surface area contributed by atoms with E-state index in [4.69, 9.17) is 4.74 Å². The van der Waals surface area contributed by atoms with E-state index in [9.17, 15) is 4.79 Å². The van der Waals surface area contributed by atoms with Gasteiger partial charge in [-0.3, -0.25) is 9.69 Å². The third-order valence-electron chi connectivity index (χ3n) is 5.13. The first kappa shape index (κ1) is 16.5. The van der Waals surface area contributed by atoms with Crippen LogP contribution in [-0.4, -0.2) is 43.2 Å². The number of nitrogens with zero attached hydrogens (tertiary/aromatic N) is 1. The molecule has 23 heavy (non-hydrogen) atoms. The van der Waals surface area contributed by atoms with Crippen molar-refractivity contribution in [2.24, 2.45) is 0 Å². The molecule has 1 amide bonds. The molecule has 1 saturated carbocycles. The van der Waals surface area contributed by atoms with Gasteiger partial charge in [0.1, 0.15) is 0 Å². The number of ether oxygens (including phenoxy) is 1. The molecule has 1 aliphatic heterocycles. The predicted octanol–water partition coefficient (Wildman–Crippen LogP) is 2.97. The van der Waals surface area contributed by atoms with Crippen LogP contribution in [0.25, 0.3) is 0 Å². The highest BCUT2D eigenvalue weighted by atomic mass is 16.5. The van der Waals surface area contributed by atoms with Gasteiger partial charge in [-0.15, -0.1) is 0 Å². The van der Waals surface area contributed by atoms with E-state index >= 15 is 0 Å². The van der Waals surface area contributed by atoms with Gasteiger partial charge in [0.25, 0.3) is 5.91 Å². The molecule has 1 aromatic carbocycles. The van der Waals surface area contributed by atoms with E-state index < -0.39 is 0 Å². The van der Waals surface area contributed by atoms with Crippen LogP contribution in [0, 0.1) is 0 Å². The topological polar surface area (TPSA) is 41.6 Å². The van der Waals surface area contributed by atoms with E-state index in [-0.39, 0.29) is 5.91 Å². The summed E-state index contributed by atoms with van der Waals surface area (Å²) in [5.41, 5.74) is 2.00. The molecule has 0 unspecified atom stereocenters. The highest BCUT2D eigenvalue weighted by molar-refractivity contribution is 5.93. The lowest BCUT2D eigenvalue weighted by molar-refractivity contribution is 0.0542. The van der Waals surface area contributed by atoms with Crippen LogP contribution in [0.5, 0.6) is 0 Å². The summed E-state index contributed by atoms with van der Waals surface area (Å²) in [6.07, 6.45) is 8.11. The molecule has 4 nitrogen and oxygen atoms in total. The third-order valence-corrected chi connectivity index (χ3v) is 5.13. The molecular formula is C19H28N2O2. The Morgan fingerprint density at radius 1 is 1.17 bits per heavy atom. The Morgan fingerprint density at radius 3 is 2.52 bits per heavy atom. The van der Waals surface area contributed by atoms with Crippen molar-refractivity contribution >= 4 is 5.91 Å². The number of nitrogens with one attached hydrogen (secondary N) is 1. The van der Waals surface area contributed by atoms with Crippen LogP contribution in [0.2, 0.25) is 0 Å². The molecule has 0 radical (unpaired) electrons. The first-order chi connectivity index (χ1) is 11.3. The van der Waals surface area contributed by atoms with Crippen molar-refractivity contribution in [1.29, 1.82) is 0 Å². The summed E-state index contributed by atoms with van der Waals surface area (Å²) in [6.45, 7) is 2.92.